The number of thioether (sulfide) groups is 1. The number of hydrogen-bond acceptors (Lipinski definition) is 4. The van der Waals surface area contributed by atoms with Crippen molar-refractivity contribution in [2.75, 3.05) is 5.75 Å². The molecule has 0 saturated heterocycles. The van der Waals surface area contributed by atoms with Crippen molar-refractivity contribution in [2.45, 2.75) is 5.75 Å². The van der Waals surface area contributed by atoms with Crippen molar-refractivity contribution in [3.63, 3.8) is 0 Å². The SMILES string of the molecule is O=C(CSCc1ccccc1Cl)N/N=C\c1ccncc1. The number of nitrogens with one attached hydrogen (secondary N) is 1. The Hall–Kier alpha value is -1.85. The summed E-state index contributed by atoms with van der Waals surface area (Å²) in [6.45, 7) is 0. The fourth-order valence-electron chi connectivity index (χ4n) is 1.53. The molecule has 1 aromatic carbocycles. The van der Waals surface area contributed by atoms with Crippen LogP contribution in [0.5, 0.6) is 0 Å². The fourth-order valence-corrected chi connectivity index (χ4v) is 2.64. The summed E-state index contributed by atoms with van der Waals surface area (Å²) in [5, 5.41) is 4.62. The zero-order chi connectivity index (χ0) is 14.9. The van der Waals surface area contributed by atoms with E-state index < -0.39 is 0 Å². The summed E-state index contributed by atoms with van der Waals surface area (Å²) >= 11 is 7.54. The molecule has 0 bridgehead atoms. The van der Waals surface area contributed by atoms with E-state index in [1.54, 1.807) is 18.6 Å². The summed E-state index contributed by atoms with van der Waals surface area (Å²) < 4.78 is 0. The zero-order valence-electron chi connectivity index (χ0n) is 11.2. The van der Waals surface area contributed by atoms with Gasteiger partial charge in [-0.25, -0.2) is 5.43 Å². The van der Waals surface area contributed by atoms with Crippen LogP contribution in [0.25, 0.3) is 0 Å². The van der Waals surface area contributed by atoms with Gasteiger partial charge in [-0.05, 0) is 29.3 Å². The van der Waals surface area contributed by atoms with Crippen LogP contribution in [0.4, 0.5) is 0 Å². The predicted octanol–water partition coefficient (Wildman–Crippen LogP) is 3.12. The predicted molar refractivity (Wildman–Crippen MR) is 87.6 cm³/mol. The molecule has 2 rings (SSSR count). The van der Waals surface area contributed by atoms with Crippen molar-refractivity contribution in [1.29, 1.82) is 0 Å². The van der Waals surface area contributed by atoms with E-state index in [1.165, 1.54) is 11.8 Å². The van der Waals surface area contributed by atoms with Crippen molar-refractivity contribution < 1.29 is 4.79 Å². The molecule has 108 valence electrons. The number of amides is 1. The highest BCUT2D eigenvalue weighted by Crippen LogP contribution is 2.20. The van der Waals surface area contributed by atoms with Gasteiger partial charge in [0.1, 0.15) is 0 Å². The van der Waals surface area contributed by atoms with E-state index in [2.05, 4.69) is 15.5 Å². The highest BCUT2D eigenvalue weighted by Gasteiger charge is 2.02. The van der Waals surface area contributed by atoms with Gasteiger partial charge in [0.25, 0.3) is 0 Å². The van der Waals surface area contributed by atoms with Crippen LogP contribution in [0, 0.1) is 0 Å². The maximum Gasteiger partial charge on any atom is 0.250 e. The molecule has 0 aliphatic heterocycles. The Balaban J connectivity index is 1.71. The van der Waals surface area contributed by atoms with Gasteiger partial charge < -0.3 is 0 Å². The maximum absolute atomic E-state index is 11.6. The molecule has 1 N–H and O–H groups in total. The molecule has 0 spiro atoms. The number of pyridine rings is 1. The van der Waals surface area contributed by atoms with Gasteiger partial charge in [-0.15, -0.1) is 11.8 Å². The molecule has 2 aromatic rings. The van der Waals surface area contributed by atoms with Gasteiger partial charge >= 0.3 is 0 Å². The van der Waals surface area contributed by atoms with E-state index in [4.69, 9.17) is 11.6 Å². The van der Waals surface area contributed by atoms with E-state index >= 15 is 0 Å². The first kappa shape index (κ1) is 15.5. The number of carbonyl (C=O) groups excluding carboxylic acids is 1. The zero-order valence-corrected chi connectivity index (χ0v) is 12.8. The Morgan fingerprint density at radius 3 is 2.81 bits per heavy atom. The Kier molecular flexibility index (Phi) is 6.24. The topological polar surface area (TPSA) is 54.4 Å². The van der Waals surface area contributed by atoms with E-state index in [1.807, 2.05) is 36.4 Å². The van der Waals surface area contributed by atoms with Gasteiger partial charge in [-0.3, -0.25) is 9.78 Å². The molecule has 1 heterocycles. The second-order valence-electron chi connectivity index (χ2n) is 4.16. The number of rotatable bonds is 6. The molecule has 1 aromatic heterocycles. The molecule has 4 nitrogen and oxygen atoms in total. The van der Waals surface area contributed by atoms with Gasteiger partial charge in [-0.2, -0.15) is 5.10 Å². The number of hydrazone groups is 1. The van der Waals surface area contributed by atoms with Gasteiger partial charge in [0.2, 0.25) is 5.91 Å². The molecule has 0 radical (unpaired) electrons. The van der Waals surface area contributed by atoms with Crippen LogP contribution in [0.2, 0.25) is 5.02 Å². The summed E-state index contributed by atoms with van der Waals surface area (Å²) in [7, 11) is 0. The highest BCUT2D eigenvalue weighted by atomic mass is 35.5. The first-order valence-electron chi connectivity index (χ1n) is 6.29. The monoisotopic (exact) mass is 319 g/mol. The number of nitrogens with zero attached hydrogens (tertiary/aromatic N) is 2. The molecule has 0 aliphatic rings. The molecule has 6 heteroatoms. The quantitative estimate of drug-likeness (QED) is 0.657. The van der Waals surface area contributed by atoms with E-state index in [0.717, 1.165) is 16.1 Å². The van der Waals surface area contributed by atoms with Crippen LogP contribution in [-0.2, 0) is 10.5 Å². The van der Waals surface area contributed by atoms with Crippen LogP contribution in [-0.4, -0.2) is 22.9 Å². The number of benzene rings is 1. The van der Waals surface area contributed by atoms with Crippen LogP contribution in [0.3, 0.4) is 0 Å². The van der Waals surface area contributed by atoms with Crippen molar-refractivity contribution in [3.05, 3.63) is 64.9 Å². The van der Waals surface area contributed by atoms with E-state index in [-0.39, 0.29) is 5.91 Å². The first-order chi connectivity index (χ1) is 10.3. The van der Waals surface area contributed by atoms with E-state index in [0.29, 0.717) is 11.5 Å². The standard InChI is InChI=1S/C15H14ClN3OS/c16-14-4-2-1-3-13(14)10-21-11-15(20)19-18-9-12-5-7-17-8-6-12/h1-9H,10-11H2,(H,19,20)/b18-9-. The summed E-state index contributed by atoms with van der Waals surface area (Å²) in [6, 6.07) is 11.2. The van der Waals surface area contributed by atoms with Crippen LogP contribution < -0.4 is 5.43 Å². The third-order valence-corrected chi connectivity index (χ3v) is 3.91. The Morgan fingerprint density at radius 2 is 2.05 bits per heavy atom. The molecule has 0 saturated carbocycles. The summed E-state index contributed by atoms with van der Waals surface area (Å²) in [5.41, 5.74) is 4.40. The first-order valence-corrected chi connectivity index (χ1v) is 7.82. The lowest BCUT2D eigenvalue weighted by Gasteiger charge is -2.03. The Labute approximate surface area is 132 Å². The normalized spacial score (nSPS) is 10.7. The lowest BCUT2D eigenvalue weighted by Crippen LogP contribution is -2.19. The van der Waals surface area contributed by atoms with Gasteiger partial charge in [0, 0.05) is 23.2 Å². The van der Waals surface area contributed by atoms with Crippen molar-refractivity contribution >= 4 is 35.5 Å². The number of halogens is 1. The van der Waals surface area contributed by atoms with Crippen molar-refractivity contribution in [1.82, 2.24) is 10.4 Å². The molecular formula is C15H14ClN3OS. The maximum atomic E-state index is 11.6. The summed E-state index contributed by atoms with van der Waals surface area (Å²) in [4.78, 5) is 15.5. The third-order valence-electron chi connectivity index (χ3n) is 2.56. The second-order valence-corrected chi connectivity index (χ2v) is 5.55. The van der Waals surface area contributed by atoms with Crippen LogP contribution >= 0.6 is 23.4 Å². The average Bonchev–Trinajstić information content (AvgIpc) is 2.50. The molecule has 1 amide bonds. The number of carbonyl (C=O) groups is 1. The molecule has 0 unspecified atom stereocenters. The summed E-state index contributed by atoms with van der Waals surface area (Å²) in [5.74, 6) is 0.887. The smallest absolute Gasteiger partial charge is 0.250 e. The third kappa shape index (κ3) is 5.57. The van der Waals surface area contributed by atoms with Gasteiger partial charge in [0.05, 0.1) is 12.0 Å². The minimum Gasteiger partial charge on any atom is -0.272 e. The summed E-state index contributed by atoms with van der Waals surface area (Å²) in [6.07, 6.45) is 4.92. The molecule has 0 fully saturated rings. The largest absolute Gasteiger partial charge is 0.272 e. The lowest BCUT2D eigenvalue weighted by atomic mass is 10.2. The molecular weight excluding hydrogens is 306 g/mol. The van der Waals surface area contributed by atoms with Gasteiger partial charge in [0.15, 0.2) is 0 Å². The highest BCUT2D eigenvalue weighted by molar-refractivity contribution is 7.99. The Morgan fingerprint density at radius 1 is 1.29 bits per heavy atom. The average molecular weight is 320 g/mol. The number of aromatic nitrogens is 1. The fraction of sp³-hybridized carbons (Fsp3) is 0.133. The Bertz CT molecular complexity index is 619. The molecule has 0 aliphatic carbocycles. The lowest BCUT2D eigenvalue weighted by molar-refractivity contribution is -0.118. The van der Waals surface area contributed by atoms with Crippen LogP contribution in [0.15, 0.2) is 53.9 Å². The second kappa shape index (κ2) is 8.44. The number of hydrogen-bond donors (Lipinski definition) is 1. The van der Waals surface area contributed by atoms with Crippen molar-refractivity contribution in [2.24, 2.45) is 5.10 Å². The van der Waals surface area contributed by atoms with Crippen LogP contribution in [0.1, 0.15) is 11.1 Å². The molecule has 21 heavy (non-hydrogen) atoms. The molecule has 0 atom stereocenters. The minimum atomic E-state index is -0.141. The van der Waals surface area contributed by atoms with E-state index in [9.17, 15) is 4.79 Å². The van der Waals surface area contributed by atoms with Crippen molar-refractivity contribution in [3.8, 4) is 0 Å². The minimum absolute atomic E-state index is 0.141. The van der Waals surface area contributed by atoms with Gasteiger partial charge in [-0.1, -0.05) is 29.8 Å².